The molecule has 28 heavy (non-hydrogen) atoms. The molecule has 0 bridgehead atoms. The summed E-state index contributed by atoms with van der Waals surface area (Å²) < 4.78 is 14.5. The van der Waals surface area contributed by atoms with E-state index in [4.69, 9.17) is 0 Å². The number of benzene rings is 2. The van der Waals surface area contributed by atoms with Crippen molar-refractivity contribution in [2.45, 2.75) is 40.2 Å². The fourth-order valence-corrected chi connectivity index (χ4v) is 3.65. The van der Waals surface area contributed by atoms with E-state index in [-0.39, 0.29) is 18.3 Å². The van der Waals surface area contributed by atoms with E-state index in [2.05, 4.69) is 23.3 Å². The number of hydrazone groups is 1. The van der Waals surface area contributed by atoms with E-state index in [1.807, 2.05) is 32.6 Å². The van der Waals surface area contributed by atoms with Gasteiger partial charge in [0.15, 0.2) is 0 Å². The van der Waals surface area contributed by atoms with E-state index in [1.54, 1.807) is 18.2 Å². The highest BCUT2D eigenvalue weighted by atomic mass is 19.1. The van der Waals surface area contributed by atoms with E-state index in [1.165, 1.54) is 11.1 Å². The van der Waals surface area contributed by atoms with Gasteiger partial charge in [0.2, 0.25) is 0 Å². The van der Waals surface area contributed by atoms with Gasteiger partial charge in [-0.1, -0.05) is 49.7 Å². The molecule has 0 saturated carbocycles. The zero-order chi connectivity index (χ0) is 20.3. The third-order valence-electron chi connectivity index (χ3n) is 5.39. The van der Waals surface area contributed by atoms with Crippen LogP contribution in [0.3, 0.4) is 0 Å². The molecule has 0 N–H and O–H groups in total. The molecule has 1 amide bonds. The molecular formula is C23H28FN3O. The lowest BCUT2D eigenvalue weighted by Crippen LogP contribution is -2.38. The maximum atomic E-state index is 14.5. The average molecular weight is 381 g/mol. The number of hydrogen-bond donors (Lipinski definition) is 0. The SMILES string of the molecule is CCN(CC)CC(=O)N1N=C(c2cc(C)ccc2C)CC1c1ccccc1F. The van der Waals surface area contributed by atoms with Gasteiger partial charge in [0, 0.05) is 17.5 Å². The normalized spacial score (nSPS) is 16.6. The Morgan fingerprint density at radius 1 is 1.18 bits per heavy atom. The van der Waals surface area contributed by atoms with Gasteiger partial charge in [-0.25, -0.2) is 9.40 Å². The van der Waals surface area contributed by atoms with Crippen LogP contribution in [-0.4, -0.2) is 41.2 Å². The summed E-state index contributed by atoms with van der Waals surface area (Å²) >= 11 is 0. The van der Waals surface area contributed by atoms with Crippen molar-refractivity contribution >= 4 is 11.6 Å². The van der Waals surface area contributed by atoms with Crippen molar-refractivity contribution in [3.63, 3.8) is 0 Å². The zero-order valence-electron chi connectivity index (χ0n) is 17.1. The molecule has 0 spiro atoms. The van der Waals surface area contributed by atoms with E-state index < -0.39 is 6.04 Å². The van der Waals surface area contributed by atoms with Crippen LogP contribution < -0.4 is 0 Å². The van der Waals surface area contributed by atoms with Crippen molar-refractivity contribution in [1.82, 2.24) is 9.91 Å². The molecule has 0 saturated heterocycles. The van der Waals surface area contributed by atoms with Crippen molar-refractivity contribution in [2.24, 2.45) is 5.10 Å². The van der Waals surface area contributed by atoms with Crippen LogP contribution in [0.1, 0.15) is 48.6 Å². The van der Waals surface area contributed by atoms with Gasteiger partial charge in [0.25, 0.3) is 5.91 Å². The largest absolute Gasteiger partial charge is 0.295 e. The predicted molar refractivity (Wildman–Crippen MR) is 111 cm³/mol. The molecule has 0 aromatic heterocycles. The van der Waals surface area contributed by atoms with Crippen LogP contribution in [0.25, 0.3) is 0 Å². The summed E-state index contributed by atoms with van der Waals surface area (Å²) in [6.45, 7) is 9.98. The Morgan fingerprint density at radius 2 is 1.89 bits per heavy atom. The van der Waals surface area contributed by atoms with Crippen molar-refractivity contribution < 1.29 is 9.18 Å². The average Bonchev–Trinajstić information content (AvgIpc) is 3.13. The Hall–Kier alpha value is -2.53. The standard InChI is InChI=1S/C23H28FN3O/c1-5-26(6-2)15-23(28)27-22(18-9-7-8-10-20(18)24)14-21(25-27)19-13-16(3)11-12-17(19)4/h7-13,22H,5-6,14-15H2,1-4H3. The number of halogens is 1. The summed E-state index contributed by atoms with van der Waals surface area (Å²) in [5, 5.41) is 6.18. The van der Waals surface area contributed by atoms with Crippen LogP contribution in [0, 0.1) is 19.7 Å². The maximum Gasteiger partial charge on any atom is 0.257 e. The number of carbonyl (C=O) groups excluding carboxylic acids is 1. The molecular weight excluding hydrogens is 353 g/mol. The summed E-state index contributed by atoms with van der Waals surface area (Å²) in [7, 11) is 0. The Labute approximate surface area is 166 Å². The van der Waals surface area contributed by atoms with E-state index in [0.29, 0.717) is 12.0 Å². The quantitative estimate of drug-likeness (QED) is 0.740. The Balaban J connectivity index is 1.99. The Kier molecular flexibility index (Phi) is 6.25. The van der Waals surface area contributed by atoms with Gasteiger partial charge in [-0.15, -0.1) is 0 Å². The predicted octanol–water partition coefficient (Wildman–Crippen LogP) is 4.46. The van der Waals surface area contributed by atoms with Crippen molar-refractivity contribution in [2.75, 3.05) is 19.6 Å². The summed E-state index contributed by atoms with van der Waals surface area (Å²) in [4.78, 5) is 15.1. The lowest BCUT2D eigenvalue weighted by atomic mass is 9.95. The van der Waals surface area contributed by atoms with Crippen molar-refractivity contribution in [3.8, 4) is 0 Å². The minimum atomic E-state index is -0.417. The Morgan fingerprint density at radius 3 is 2.57 bits per heavy atom. The topological polar surface area (TPSA) is 35.9 Å². The molecule has 1 aliphatic heterocycles. The molecule has 0 radical (unpaired) electrons. The van der Waals surface area contributed by atoms with Gasteiger partial charge in [0.1, 0.15) is 5.82 Å². The third-order valence-corrected chi connectivity index (χ3v) is 5.39. The number of carbonyl (C=O) groups is 1. The van der Waals surface area contributed by atoms with Gasteiger partial charge in [-0.2, -0.15) is 5.10 Å². The molecule has 5 heteroatoms. The molecule has 0 fully saturated rings. The Bertz CT molecular complexity index is 889. The lowest BCUT2D eigenvalue weighted by Gasteiger charge is -2.25. The minimum Gasteiger partial charge on any atom is -0.295 e. The van der Waals surface area contributed by atoms with Crippen LogP contribution in [0.4, 0.5) is 4.39 Å². The zero-order valence-corrected chi connectivity index (χ0v) is 17.1. The first-order valence-electron chi connectivity index (χ1n) is 9.88. The highest BCUT2D eigenvalue weighted by Crippen LogP contribution is 2.35. The summed E-state index contributed by atoms with van der Waals surface area (Å²) in [6.07, 6.45) is 0.509. The fraction of sp³-hybridized carbons (Fsp3) is 0.391. The highest BCUT2D eigenvalue weighted by molar-refractivity contribution is 6.04. The number of hydrogen-bond acceptors (Lipinski definition) is 3. The molecule has 1 heterocycles. The van der Waals surface area contributed by atoms with Crippen LogP contribution in [-0.2, 0) is 4.79 Å². The first-order valence-corrected chi connectivity index (χ1v) is 9.88. The second kappa shape index (κ2) is 8.65. The fourth-order valence-electron chi connectivity index (χ4n) is 3.65. The smallest absolute Gasteiger partial charge is 0.257 e. The first-order chi connectivity index (χ1) is 13.4. The molecule has 1 atom stereocenters. The van der Waals surface area contributed by atoms with E-state index in [9.17, 15) is 9.18 Å². The highest BCUT2D eigenvalue weighted by Gasteiger charge is 2.35. The third kappa shape index (κ3) is 4.14. The van der Waals surface area contributed by atoms with Crippen molar-refractivity contribution in [1.29, 1.82) is 0 Å². The van der Waals surface area contributed by atoms with Crippen molar-refractivity contribution in [3.05, 3.63) is 70.5 Å². The number of aryl methyl sites for hydroxylation is 2. The summed E-state index contributed by atoms with van der Waals surface area (Å²) in [5.41, 5.74) is 4.62. The number of rotatable bonds is 6. The van der Waals surface area contributed by atoms with Crippen LogP contribution in [0.15, 0.2) is 47.6 Å². The van der Waals surface area contributed by atoms with Gasteiger partial charge >= 0.3 is 0 Å². The summed E-state index contributed by atoms with van der Waals surface area (Å²) in [5.74, 6) is -0.400. The molecule has 1 unspecified atom stereocenters. The van der Waals surface area contributed by atoms with Crippen LogP contribution in [0.2, 0.25) is 0 Å². The number of amides is 1. The van der Waals surface area contributed by atoms with Crippen LogP contribution in [0.5, 0.6) is 0 Å². The van der Waals surface area contributed by atoms with Gasteiger partial charge in [-0.05, 0) is 44.6 Å². The minimum absolute atomic E-state index is 0.0998. The van der Waals surface area contributed by atoms with Gasteiger partial charge < -0.3 is 0 Å². The molecule has 4 nitrogen and oxygen atoms in total. The van der Waals surface area contributed by atoms with E-state index in [0.717, 1.165) is 35.5 Å². The first kappa shape index (κ1) is 20.2. The van der Waals surface area contributed by atoms with Crippen LogP contribution >= 0.6 is 0 Å². The van der Waals surface area contributed by atoms with Gasteiger partial charge in [0.05, 0.1) is 18.3 Å². The second-order valence-corrected chi connectivity index (χ2v) is 7.31. The maximum absolute atomic E-state index is 14.5. The van der Waals surface area contributed by atoms with E-state index >= 15 is 0 Å². The lowest BCUT2D eigenvalue weighted by molar-refractivity contribution is -0.134. The van der Waals surface area contributed by atoms with Gasteiger partial charge in [-0.3, -0.25) is 9.69 Å². The molecule has 3 rings (SSSR count). The summed E-state index contributed by atoms with van der Waals surface area (Å²) in [6, 6.07) is 12.5. The molecule has 2 aromatic carbocycles. The monoisotopic (exact) mass is 381 g/mol. The number of likely N-dealkylation sites (N-methyl/N-ethyl adjacent to an activating group) is 1. The molecule has 0 aliphatic carbocycles. The molecule has 1 aliphatic rings. The number of nitrogens with zero attached hydrogens (tertiary/aromatic N) is 3. The second-order valence-electron chi connectivity index (χ2n) is 7.31. The molecule has 2 aromatic rings. The molecule has 148 valence electrons.